The minimum absolute atomic E-state index is 0.300. The van der Waals surface area contributed by atoms with Crippen molar-refractivity contribution in [2.24, 2.45) is 0 Å². The monoisotopic (exact) mass is 428 g/mol. The van der Waals surface area contributed by atoms with Gasteiger partial charge in [-0.25, -0.2) is 0 Å². The van der Waals surface area contributed by atoms with E-state index in [2.05, 4.69) is 0 Å². The van der Waals surface area contributed by atoms with Crippen LogP contribution in [0, 0.1) is 10.1 Å². The van der Waals surface area contributed by atoms with Crippen LogP contribution in [-0.4, -0.2) is 36.1 Å². The van der Waals surface area contributed by atoms with Crippen molar-refractivity contribution in [2.45, 2.75) is 4.90 Å². The van der Waals surface area contributed by atoms with E-state index < -0.39 is 4.92 Å². The molecule has 1 heterocycles. The predicted molar refractivity (Wildman–Crippen MR) is 98.3 cm³/mol. The molecule has 0 atom stereocenters. The highest BCUT2D eigenvalue weighted by Gasteiger charge is 2.30. The van der Waals surface area contributed by atoms with E-state index in [-0.39, 0.29) is 15.2 Å². The molecule has 0 spiro atoms. The molecule has 0 N–H and O–H groups in total. The summed E-state index contributed by atoms with van der Waals surface area (Å²) >= 11 is 24.4. The second-order valence-electron chi connectivity index (χ2n) is 4.64. The quantitative estimate of drug-likeness (QED) is 0.282. The average Bonchev–Trinajstić information content (AvgIpc) is 2.56. The molecule has 1 aliphatic heterocycles. The Balaban J connectivity index is 2.50. The predicted octanol–water partition coefficient (Wildman–Crippen LogP) is 5.10. The third-order valence-electron chi connectivity index (χ3n) is 3.09. The molecule has 0 amide bonds. The van der Waals surface area contributed by atoms with Gasteiger partial charge in [0.05, 0.1) is 18.1 Å². The molecule has 0 saturated carbocycles. The number of nitro groups is 1. The number of ether oxygens (including phenoxy) is 1. The number of benzene rings is 1. The summed E-state index contributed by atoms with van der Waals surface area (Å²) in [7, 11) is 0. The number of allylic oxidation sites excluding steroid dienone is 1. The number of hydrogen-bond donors (Lipinski definition) is 0. The lowest BCUT2D eigenvalue weighted by Gasteiger charge is -2.30. The maximum atomic E-state index is 11.6. The molecule has 0 radical (unpaired) electrons. The first-order valence-corrected chi connectivity index (χ1v) is 9.09. The van der Waals surface area contributed by atoms with Crippen LogP contribution in [0.15, 0.2) is 49.4 Å². The summed E-state index contributed by atoms with van der Waals surface area (Å²) in [4.78, 5) is 13.6. The lowest BCUT2D eigenvalue weighted by atomic mass is 10.4. The van der Waals surface area contributed by atoms with Crippen molar-refractivity contribution in [2.75, 3.05) is 26.3 Å². The fourth-order valence-corrected chi connectivity index (χ4v) is 3.58. The lowest BCUT2D eigenvalue weighted by molar-refractivity contribution is -0.421. The fraction of sp³-hybridized carbons (Fsp3) is 0.286. The van der Waals surface area contributed by atoms with Gasteiger partial charge in [0, 0.05) is 23.0 Å². The van der Waals surface area contributed by atoms with Crippen molar-refractivity contribution in [3.63, 3.8) is 0 Å². The number of halogens is 4. The van der Waals surface area contributed by atoms with Crippen LogP contribution in [-0.2, 0) is 4.74 Å². The van der Waals surface area contributed by atoms with Gasteiger partial charge in [0.1, 0.15) is 4.49 Å². The zero-order valence-electron chi connectivity index (χ0n) is 12.2. The molecule has 0 unspecified atom stereocenters. The third kappa shape index (κ3) is 5.18. The summed E-state index contributed by atoms with van der Waals surface area (Å²) in [6.45, 7) is 1.92. The molecular weight excluding hydrogens is 418 g/mol. The Morgan fingerprint density at radius 1 is 1.17 bits per heavy atom. The van der Waals surface area contributed by atoms with E-state index in [9.17, 15) is 10.1 Å². The summed E-state index contributed by atoms with van der Waals surface area (Å²) in [5, 5.41) is 12.2. The summed E-state index contributed by atoms with van der Waals surface area (Å²) in [5.41, 5.74) is -0.335. The molecule has 1 saturated heterocycles. The molecule has 10 heteroatoms. The molecule has 2 rings (SSSR count). The Bertz CT molecular complexity index is 669. The van der Waals surface area contributed by atoms with Gasteiger partial charge >= 0.3 is 5.70 Å². The van der Waals surface area contributed by atoms with Gasteiger partial charge in [0.2, 0.25) is 0 Å². The number of morpholine rings is 1. The van der Waals surface area contributed by atoms with E-state index in [1.165, 1.54) is 11.8 Å². The van der Waals surface area contributed by atoms with Gasteiger partial charge in [0.15, 0.2) is 10.1 Å². The van der Waals surface area contributed by atoms with Gasteiger partial charge in [-0.1, -0.05) is 58.2 Å². The Labute approximate surface area is 163 Å². The highest BCUT2D eigenvalue weighted by atomic mass is 35.5. The largest absolute Gasteiger partial charge is 0.378 e. The molecule has 0 bridgehead atoms. The second kappa shape index (κ2) is 9.17. The minimum atomic E-state index is -0.583. The number of rotatable bonds is 5. The van der Waals surface area contributed by atoms with Crippen LogP contribution in [0.25, 0.3) is 0 Å². The smallest absolute Gasteiger partial charge is 0.320 e. The topological polar surface area (TPSA) is 55.6 Å². The molecule has 1 aromatic rings. The zero-order valence-corrected chi connectivity index (χ0v) is 16.0. The molecule has 1 aromatic carbocycles. The molecule has 24 heavy (non-hydrogen) atoms. The van der Waals surface area contributed by atoms with Crippen LogP contribution in [0.4, 0.5) is 0 Å². The van der Waals surface area contributed by atoms with E-state index in [4.69, 9.17) is 51.1 Å². The van der Waals surface area contributed by atoms with E-state index >= 15 is 0 Å². The van der Waals surface area contributed by atoms with Crippen molar-refractivity contribution in [1.82, 2.24) is 4.90 Å². The van der Waals surface area contributed by atoms with Crippen molar-refractivity contribution >= 4 is 58.2 Å². The molecule has 130 valence electrons. The average molecular weight is 430 g/mol. The van der Waals surface area contributed by atoms with E-state index in [1.807, 2.05) is 4.90 Å². The maximum absolute atomic E-state index is 11.6. The summed E-state index contributed by atoms with van der Waals surface area (Å²) in [6, 6.07) is 6.95. The zero-order chi connectivity index (χ0) is 17.7. The summed E-state index contributed by atoms with van der Waals surface area (Å²) < 4.78 is 4.95. The Kier molecular flexibility index (Phi) is 7.53. The van der Waals surface area contributed by atoms with Crippen molar-refractivity contribution in [3.05, 3.63) is 59.7 Å². The number of hydrogen-bond acceptors (Lipinski definition) is 5. The molecule has 0 aromatic heterocycles. The fourth-order valence-electron chi connectivity index (χ4n) is 1.98. The first-order chi connectivity index (χ1) is 11.4. The van der Waals surface area contributed by atoms with Crippen LogP contribution < -0.4 is 0 Å². The van der Waals surface area contributed by atoms with Crippen LogP contribution >= 0.6 is 58.2 Å². The van der Waals surface area contributed by atoms with Gasteiger partial charge in [-0.2, -0.15) is 0 Å². The molecule has 5 nitrogen and oxygen atoms in total. The first-order valence-electron chi connectivity index (χ1n) is 6.76. The maximum Gasteiger partial charge on any atom is 0.320 e. The number of nitrogens with zero attached hydrogens (tertiary/aromatic N) is 2. The first kappa shape index (κ1) is 19.7. The highest BCUT2D eigenvalue weighted by molar-refractivity contribution is 8.03. The van der Waals surface area contributed by atoms with Crippen LogP contribution in [0.3, 0.4) is 0 Å². The SMILES string of the molecule is O=[N+]([O-])/C(C(Cl)=C(Cl)Cl)=C(\Sc1ccc(Cl)cc1)N1CCOCC1. The van der Waals surface area contributed by atoms with Crippen molar-refractivity contribution in [3.8, 4) is 0 Å². The standard InChI is InChI=1S/C14H12Cl4N2O3S/c15-9-1-3-10(4-2-9)24-14(19-5-7-23-8-6-19)12(20(21)22)11(16)13(17)18/h1-4H,5-8H2/b14-12-. The van der Waals surface area contributed by atoms with E-state index in [0.717, 1.165) is 4.90 Å². The highest BCUT2D eigenvalue weighted by Crippen LogP contribution is 2.38. The van der Waals surface area contributed by atoms with Gasteiger partial charge < -0.3 is 9.64 Å². The number of thioether (sulfide) groups is 1. The van der Waals surface area contributed by atoms with Gasteiger partial charge in [-0.05, 0) is 24.3 Å². The lowest BCUT2D eigenvalue weighted by Crippen LogP contribution is -2.36. The van der Waals surface area contributed by atoms with Crippen LogP contribution in [0.2, 0.25) is 5.02 Å². The van der Waals surface area contributed by atoms with Crippen LogP contribution in [0.5, 0.6) is 0 Å². The van der Waals surface area contributed by atoms with Gasteiger partial charge in [-0.3, -0.25) is 10.1 Å². The van der Waals surface area contributed by atoms with Gasteiger partial charge in [-0.15, -0.1) is 0 Å². The summed E-state index contributed by atoms with van der Waals surface area (Å²) in [5.74, 6) is 0. The van der Waals surface area contributed by atoms with E-state index in [0.29, 0.717) is 36.4 Å². The van der Waals surface area contributed by atoms with E-state index in [1.54, 1.807) is 24.3 Å². The minimum Gasteiger partial charge on any atom is -0.378 e. The Morgan fingerprint density at radius 3 is 2.25 bits per heavy atom. The van der Waals surface area contributed by atoms with Gasteiger partial charge in [0.25, 0.3) is 0 Å². The molecule has 0 aliphatic carbocycles. The van der Waals surface area contributed by atoms with Crippen molar-refractivity contribution < 1.29 is 9.66 Å². The third-order valence-corrected chi connectivity index (χ3v) is 5.43. The normalized spacial score (nSPS) is 15.8. The molecular formula is C14H12Cl4N2O3S. The van der Waals surface area contributed by atoms with Crippen LogP contribution in [0.1, 0.15) is 0 Å². The molecule has 1 fully saturated rings. The Morgan fingerprint density at radius 2 is 1.75 bits per heavy atom. The van der Waals surface area contributed by atoms with Crippen molar-refractivity contribution in [1.29, 1.82) is 0 Å². The summed E-state index contributed by atoms with van der Waals surface area (Å²) in [6.07, 6.45) is 0. The Hall–Kier alpha value is -0.630. The second-order valence-corrected chi connectivity index (χ2v) is 7.47. The molecule has 1 aliphatic rings.